The van der Waals surface area contributed by atoms with Crippen molar-refractivity contribution < 1.29 is 0 Å². The van der Waals surface area contributed by atoms with E-state index in [1.54, 1.807) is 10.4 Å². The fraction of sp³-hybridized carbons (Fsp3) is 0.143. The van der Waals surface area contributed by atoms with Crippen LogP contribution in [-0.2, 0) is 0 Å². The molecule has 2 nitrogen and oxygen atoms in total. The van der Waals surface area contributed by atoms with E-state index < -0.39 is 0 Å². The van der Waals surface area contributed by atoms with Gasteiger partial charge >= 0.3 is 0 Å². The van der Waals surface area contributed by atoms with Crippen LogP contribution in [0.3, 0.4) is 0 Å². The number of pyridine rings is 1. The highest BCUT2D eigenvalue weighted by atomic mass is 127. The van der Waals surface area contributed by atoms with Crippen LogP contribution in [0.2, 0.25) is 0 Å². The molecule has 0 aromatic carbocycles. The van der Waals surface area contributed by atoms with Crippen molar-refractivity contribution in [3.63, 3.8) is 0 Å². The van der Waals surface area contributed by atoms with Gasteiger partial charge in [-0.1, -0.05) is 6.07 Å². The molecule has 0 saturated heterocycles. The van der Waals surface area contributed by atoms with Crippen LogP contribution in [0.25, 0.3) is 0 Å². The third-order valence-electron chi connectivity index (χ3n) is 1.15. The minimum absolute atomic E-state index is 0.803. The second-order valence-electron chi connectivity index (χ2n) is 1.87. The Hall–Kier alpha value is -0.450. The summed E-state index contributed by atoms with van der Waals surface area (Å²) in [7, 11) is 0. The molecule has 1 aromatic heterocycles. The van der Waals surface area contributed by atoms with Crippen LogP contribution in [-0.4, -0.2) is 9.21 Å². The lowest BCUT2D eigenvalue weighted by Gasteiger charge is -1.93. The predicted molar refractivity (Wildman–Crippen MR) is 51.1 cm³/mol. The minimum atomic E-state index is 0.803. The summed E-state index contributed by atoms with van der Waals surface area (Å²) in [4.78, 5) is 8.12. The average molecular weight is 246 g/mol. The number of aliphatic imine (C=N–C) groups is 1. The van der Waals surface area contributed by atoms with E-state index in [1.165, 1.54) is 0 Å². The number of nitrogens with zero attached hydrogens (tertiary/aromatic N) is 2. The molecule has 0 fully saturated rings. The van der Waals surface area contributed by atoms with Crippen LogP contribution in [0.15, 0.2) is 23.3 Å². The highest BCUT2D eigenvalue weighted by Gasteiger charge is 1.91. The lowest BCUT2D eigenvalue weighted by atomic mass is 10.3. The molecular formula is C7H7IN2. The van der Waals surface area contributed by atoms with Crippen molar-refractivity contribution in [2.24, 2.45) is 4.99 Å². The SMILES string of the molecule is Cc1cccnc1/N=C\I. The summed E-state index contributed by atoms with van der Waals surface area (Å²) in [6.45, 7) is 1.99. The molecule has 0 atom stereocenters. The highest BCUT2D eigenvalue weighted by Crippen LogP contribution is 2.12. The Morgan fingerprint density at radius 3 is 3.10 bits per heavy atom. The Morgan fingerprint density at radius 1 is 1.70 bits per heavy atom. The Bertz CT molecular complexity index is 245. The van der Waals surface area contributed by atoms with Gasteiger partial charge in [-0.25, -0.2) is 9.98 Å². The topological polar surface area (TPSA) is 25.2 Å². The molecule has 0 N–H and O–H groups in total. The first kappa shape index (κ1) is 7.65. The van der Waals surface area contributed by atoms with Gasteiger partial charge < -0.3 is 0 Å². The number of hydrogen-bond acceptors (Lipinski definition) is 2. The fourth-order valence-corrected chi connectivity index (χ4v) is 0.923. The molecule has 0 radical (unpaired) electrons. The van der Waals surface area contributed by atoms with Gasteiger partial charge in [-0.05, 0) is 41.1 Å². The Kier molecular flexibility index (Phi) is 2.80. The predicted octanol–water partition coefficient (Wildman–Crippen LogP) is 2.48. The van der Waals surface area contributed by atoms with Crippen molar-refractivity contribution in [3.05, 3.63) is 23.9 Å². The molecular weight excluding hydrogens is 239 g/mol. The second-order valence-corrected chi connectivity index (χ2v) is 2.43. The van der Waals surface area contributed by atoms with E-state index in [9.17, 15) is 0 Å². The summed E-state index contributed by atoms with van der Waals surface area (Å²) in [5.41, 5.74) is 1.11. The van der Waals surface area contributed by atoms with Gasteiger partial charge in [0.25, 0.3) is 0 Å². The normalized spacial score (nSPS) is 10.6. The van der Waals surface area contributed by atoms with Gasteiger partial charge in [0.15, 0.2) is 5.82 Å². The molecule has 0 spiro atoms. The number of hydrogen-bond donors (Lipinski definition) is 0. The molecule has 52 valence electrons. The molecule has 0 aliphatic heterocycles. The zero-order valence-electron chi connectivity index (χ0n) is 5.58. The highest BCUT2D eigenvalue weighted by molar-refractivity contribution is 14.1. The van der Waals surface area contributed by atoms with Gasteiger partial charge in [0.2, 0.25) is 0 Å². The number of halogens is 1. The average Bonchev–Trinajstić information content (AvgIpc) is 1.94. The first-order valence-electron chi connectivity index (χ1n) is 2.89. The molecule has 0 bridgehead atoms. The summed E-state index contributed by atoms with van der Waals surface area (Å²) in [6, 6.07) is 3.90. The number of aryl methyl sites for hydroxylation is 1. The van der Waals surface area contributed by atoms with E-state index in [0.717, 1.165) is 11.4 Å². The van der Waals surface area contributed by atoms with Crippen LogP contribution in [0.1, 0.15) is 5.56 Å². The van der Waals surface area contributed by atoms with E-state index >= 15 is 0 Å². The van der Waals surface area contributed by atoms with Gasteiger partial charge in [-0.15, -0.1) is 0 Å². The van der Waals surface area contributed by atoms with Crippen LogP contribution in [0, 0.1) is 6.92 Å². The molecule has 1 rings (SSSR count). The van der Waals surface area contributed by atoms with Crippen LogP contribution >= 0.6 is 22.6 Å². The van der Waals surface area contributed by atoms with Crippen molar-refractivity contribution in [2.45, 2.75) is 6.92 Å². The first-order chi connectivity index (χ1) is 4.84. The molecule has 0 aliphatic carbocycles. The largest absolute Gasteiger partial charge is 0.237 e. The van der Waals surface area contributed by atoms with E-state index in [0.29, 0.717) is 0 Å². The summed E-state index contributed by atoms with van der Waals surface area (Å²) in [5.74, 6) is 0.803. The quantitative estimate of drug-likeness (QED) is 0.552. The van der Waals surface area contributed by atoms with Gasteiger partial charge in [0.05, 0.1) is 4.22 Å². The third kappa shape index (κ3) is 1.76. The Labute approximate surface area is 73.5 Å². The van der Waals surface area contributed by atoms with Crippen molar-refractivity contribution in [2.75, 3.05) is 0 Å². The maximum absolute atomic E-state index is 4.07. The van der Waals surface area contributed by atoms with Crippen molar-refractivity contribution in [3.8, 4) is 0 Å². The van der Waals surface area contributed by atoms with Gasteiger partial charge in [-0.2, -0.15) is 0 Å². The lowest BCUT2D eigenvalue weighted by molar-refractivity contribution is 1.23. The molecule has 1 aromatic rings. The minimum Gasteiger partial charge on any atom is -0.237 e. The Morgan fingerprint density at radius 2 is 2.50 bits per heavy atom. The van der Waals surface area contributed by atoms with Gasteiger partial charge in [0, 0.05) is 6.20 Å². The molecule has 0 saturated carbocycles. The molecule has 0 amide bonds. The van der Waals surface area contributed by atoms with E-state index in [4.69, 9.17) is 0 Å². The standard InChI is InChI=1S/C7H7IN2/c1-6-3-2-4-9-7(6)10-5-8/h2-5H,1H3/b10-5-. The smallest absolute Gasteiger partial charge is 0.155 e. The van der Waals surface area contributed by atoms with Crippen molar-refractivity contribution in [1.29, 1.82) is 0 Å². The molecule has 0 aliphatic rings. The maximum Gasteiger partial charge on any atom is 0.155 e. The maximum atomic E-state index is 4.07. The van der Waals surface area contributed by atoms with Crippen molar-refractivity contribution in [1.82, 2.24) is 4.98 Å². The molecule has 10 heavy (non-hydrogen) atoms. The van der Waals surface area contributed by atoms with Crippen LogP contribution in [0.5, 0.6) is 0 Å². The van der Waals surface area contributed by atoms with Crippen molar-refractivity contribution >= 4 is 32.6 Å². The Balaban J connectivity index is 3.03. The monoisotopic (exact) mass is 246 g/mol. The van der Waals surface area contributed by atoms with E-state index in [2.05, 4.69) is 32.6 Å². The molecule has 0 unspecified atom stereocenters. The van der Waals surface area contributed by atoms with Crippen LogP contribution < -0.4 is 0 Å². The molecule has 3 heteroatoms. The first-order valence-corrected chi connectivity index (χ1v) is 4.13. The lowest BCUT2D eigenvalue weighted by Crippen LogP contribution is -1.76. The summed E-state index contributed by atoms with van der Waals surface area (Å²) >= 11 is 2.08. The third-order valence-corrected chi connectivity index (χ3v) is 1.43. The van der Waals surface area contributed by atoms with E-state index in [1.807, 2.05) is 19.1 Å². The number of rotatable bonds is 1. The van der Waals surface area contributed by atoms with Crippen LogP contribution in [0.4, 0.5) is 5.82 Å². The summed E-state index contributed by atoms with van der Waals surface area (Å²) < 4.78 is 1.72. The second kappa shape index (κ2) is 3.65. The molecule has 1 heterocycles. The van der Waals surface area contributed by atoms with Gasteiger partial charge in [-0.3, -0.25) is 0 Å². The summed E-state index contributed by atoms with van der Waals surface area (Å²) in [6.07, 6.45) is 1.74. The summed E-state index contributed by atoms with van der Waals surface area (Å²) in [5, 5.41) is 0. The fourth-order valence-electron chi connectivity index (χ4n) is 0.659. The van der Waals surface area contributed by atoms with Gasteiger partial charge in [0.1, 0.15) is 0 Å². The zero-order valence-corrected chi connectivity index (χ0v) is 7.74. The van der Waals surface area contributed by atoms with E-state index in [-0.39, 0.29) is 0 Å². The zero-order chi connectivity index (χ0) is 7.40. The number of aromatic nitrogens is 1.